The molecule has 0 spiro atoms. The molecular formula is C14H17N3O4. The van der Waals surface area contributed by atoms with E-state index in [0.29, 0.717) is 18.7 Å². The zero-order valence-corrected chi connectivity index (χ0v) is 11.4. The zero-order chi connectivity index (χ0) is 15.1. The monoisotopic (exact) mass is 291 g/mol. The molecule has 1 aliphatic heterocycles. The molecule has 0 saturated carbocycles. The number of carbonyl (C=O) groups excluding carboxylic acids is 2. The van der Waals surface area contributed by atoms with Crippen LogP contribution in [0, 0.1) is 0 Å². The van der Waals surface area contributed by atoms with Gasteiger partial charge in [0, 0.05) is 13.2 Å². The molecule has 21 heavy (non-hydrogen) atoms. The fourth-order valence-electron chi connectivity index (χ4n) is 1.91. The molecule has 1 fully saturated rings. The summed E-state index contributed by atoms with van der Waals surface area (Å²) in [6, 6.07) is 6.35. The predicted molar refractivity (Wildman–Crippen MR) is 75.8 cm³/mol. The molecule has 1 aromatic rings. The smallest absolute Gasteiger partial charge is 0.329 e. The lowest BCUT2D eigenvalue weighted by Gasteiger charge is -2.09. The van der Waals surface area contributed by atoms with Gasteiger partial charge in [0.15, 0.2) is 0 Å². The second-order valence-corrected chi connectivity index (χ2v) is 4.64. The van der Waals surface area contributed by atoms with Gasteiger partial charge in [-0.3, -0.25) is 9.59 Å². The minimum Gasteiger partial charge on any atom is -0.508 e. The van der Waals surface area contributed by atoms with Gasteiger partial charge in [-0.15, -0.1) is 0 Å². The van der Waals surface area contributed by atoms with Crippen LogP contribution in [0.1, 0.15) is 18.4 Å². The number of carbonyl (C=O) groups is 2. The van der Waals surface area contributed by atoms with E-state index in [2.05, 4.69) is 15.8 Å². The van der Waals surface area contributed by atoms with E-state index < -0.39 is 11.8 Å². The van der Waals surface area contributed by atoms with Gasteiger partial charge in [0.1, 0.15) is 5.75 Å². The van der Waals surface area contributed by atoms with Crippen molar-refractivity contribution in [3.63, 3.8) is 0 Å². The first-order chi connectivity index (χ1) is 10.1. The first kappa shape index (κ1) is 15.0. The van der Waals surface area contributed by atoms with Gasteiger partial charge >= 0.3 is 11.8 Å². The molecule has 0 aromatic heterocycles. The van der Waals surface area contributed by atoms with E-state index in [0.717, 1.165) is 12.8 Å². The summed E-state index contributed by atoms with van der Waals surface area (Å²) in [5, 5.41) is 15.4. The van der Waals surface area contributed by atoms with Gasteiger partial charge in [0.25, 0.3) is 0 Å². The van der Waals surface area contributed by atoms with Crippen molar-refractivity contribution in [1.29, 1.82) is 0 Å². The van der Waals surface area contributed by atoms with Gasteiger partial charge in [0.05, 0.1) is 12.3 Å². The number of phenols is 1. The summed E-state index contributed by atoms with van der Waals surface area (Å²) in [5.41, 5.74) is 2.73. The van der Waals surface area contributed by atoms with Crippen LogP contribution in [0.3, 0.4) is 0 Å². The standard InChI is InChI=1S/C14H17N3O4/c18-11-4-1-3-10(7-11)8-16-17-14(20)13(19)15-9-12-5-2-6-21-12/h1,3-4,7-8,12,18H,2,5-6,9H2,(H,15,19)(H,17,20). The van der Waals surface area contributed by atoms with Crippen molar-refractivity contribution >= 4 is 18.0 Å². The first-order valence-electron chi connectivity index (χ1n) is 6.67. The molecule has 1 aromatic carbocycles. The van der Waals surface area contributed by atoms with Gasteiger partial charge in [-0.1, -0.05) is 12.1 Å². The number of amides is 2. The maximum absolute atomic E-state index is 11.5. The molecule has 0 radical (unpaired) electrons. The van der Waals surface area contributed by atoms with E-state index in [9.17, 15) is 14.7 Å². The highest BCUT2D eigenvalue weighted by Crippen LogP contribution is 2.10. The Labute approximate surface area is 122 Å². The van der Waals surface area contributed by atoms with Crippen molar-refractivity contribution in [3.05, 3.63) is 29.8 Å². The molecule has 7 heteroatoms. The fourth-order valence-corrected chi connectivity index (χ4v) is 1.91. The van der Waals surface area contributed by atoms with E-state index in [1.807, 2.05) is 0 Å². The second kappa shape index (κ2) is 7.39. The Hall–Kier alpha value is -2.41. The maximum Gasteiger partial charge on any atom is 0.329 e. The Morgan fingerprint density at radius 3 is 3.00 bits per heavy atom. The first-order valence-corrected chi connectivity index (χ1v) is 6.67. The van der Waals surface area contributed by atoms with E-state index in [1.54, 1.807) is 12.1 Å². The molecule has 2 amide bonds. The van der Waals surface area contributed by atoms with Crippen molar-refractivity contribution in [2.75, 3.05) is 13.2 Å². The minimum atomic E-state index is -0.843. The summed E-state index contributed by atoms with van der Waals surface area (Å²) < 4.78 is 5.33. The van der Waals surface area contributed by atoms with Gasteiger partial charge in [-0.05, 0) is 30.5 Å². The van der Waals surface area contributed by atoms with Crippen molar-refractivity contribution in [3.8, 4) is 5.75 Å². The molecule has 0 bridgehead atoms. The third-order valence-electron chi connectivity index (χ3n) is 2.97. The number of phenolic OH excluding ortho intramolecular Hbond substituents is 1. The molecule has 1 atom stereocenters. The van der Waals surface area contributed by atoms with Gasteiger partial charge in [-0.25, -0.2) is 5.43 Å². The molecule has 2 rings (SSSR count). The molecule has 112 valence electrons. The largest absolute Gasteiger partial charge is 0.508 e. The molecule has 1 unspecified atom stereocenters. The topological polar surface area (TPSA) is 100 Å². The third-order valence-corrected chi connectivity index (χ3v) is 2.97. The summed E-state index contributed by atoms with van der Waals surface area (Å²) >= 11 is 0. The van der Waals surface area contributed by atoms with Crippen LogP contribution in [0.25, 0.3) is 0 Å². The third kappa shape index (κ3) is 4.88. The number of hydrazone groups is 1. The minimum absolute atomic E-state index is 0.0162. The summed E-state index contributed by atoms with van der Waals surface area (Å²) in [7, 11) is 0. The summed E-state index contributed by atoms with van der Waals surface area (Å²) in [6.45, 7) is 1.02. The van der Waals surface area contributed by atoms with Crippen molar-refractivity contribution in [1.82, 2.24) is 10.7 Å². The van der Waals surface area contributed by atoms with Crippen LogP contribution in [0.2, 0.25) is 0 Å². The number of nitrogens with zero attached hydrogens (tertiary/aromatic N) is 1. The fraction of sp³-hybridized carbons (Fsp3) is 0.357. The number of hydrogen-bond donors (Lipinski definition) is 3. The molecule has 7 nitrogen and oxygen atoms in total. The van der Waals surface area contributed by atoms with E-state index in [1.165, 1.54) is 18.3 Å². The Balaban J connectivity index is 1.74. The number of benzene rings is 1. The average Bonchev–Trinajstić information content (AvgIpc) is 2.98. The molecule has 1 heterocycles. The number of aromatic hydroxyl groups is 1. The lowest BCUT2D eigenvalue weighted by Crippen LogP contribution is -2.41. The number of rotatable bonds is 4. The van der Waals surface area contributed by atoms with Gasteiger partial charge in [-0.2, -0.15) is 5.10 Å². The second-order valence-electron chi connectivity index (χ2n) is 4.64. The number of nitrogens with one attached hydrogen (secondary N) is 2. The summed E-state index contributed by atoms with van der Waals surface area (Å²) in [5.74, 6) is -1.50. The normalized spacial score (nSPS) is 17.8. The lowest BCUT2D eigenvalue weighted by atomic mass is 10.2. The maximum atomic E-state index is 11.5. The Bertz CT molecular complexity index is 539. The van der Waals surface area contributed by atoms with Crippen LogP contribution < -0.4 is 10.7 Å². The Morgan fingerprint density at radius 1 is 1.43 bits per heavy atom. The molecule has 3 N–H and O–H groups in total. The van der Waals surface area contributed by atoms with Crippen molar-refractivity contribution < 1.29 is 19.4 Å². The van der Waals surface area contributed by atoms with Crippen LogP contribution in [-0.2, 0) is 14.3 Å². The van der Waals surface area contributed by atoms with Crippen LogP contribution >= 0.6 is 0 Å². The lowest BCUT2D eigenvalue weighted by molar-refractivity contribution is -0.139. The average molecular weight is 291 g/mol. The Kier molecular flexibility index (Phi) is 5.28. The van der Waals surface area contributed by atoms with Crippen molar-refractivity contribution in [2.24, 2.45) is 5.10 Å². The van der Waals surface area contributed by atoms with Gasteiger partial charge in [0.2, 0.25) is 0 Å². The Morgan fingerprint density at radius 2 is 2.29 bits per heavy atom. The van der Waals surface area contributed by atoms with Crippen LogP contribution in [0.5, 0.6) is 5.75 Å². The predicted octanol–water partition coefficient (Wildman–Crippen LogP) is 0.138. The highest BCUT2D eigenvalue weighted by molar-refractivity contribution is 6.35. The number of hydrogen-bond acceptors (Lipinski definition) is 5. The molecular weight excluding hydrogens is 274 g/mol. The highest BCUT2D eigenvalue weighted by atomic mass is 16.5. The molecule has 1 saturated heterocycles. The van der Waals surface area contributed by atoms with E-state index >= 15 is 0 Å². The summed E-state index contributed by atoms with van der Waals surface area (Å²) in [4.78, 5) is 23.0. The van der Waals surface area contributed by atoms with Crippen LogP contribution in [-0.4, -0.2) is 42.4 Å². The van der Waals surface area contributed by atoms with Gasteiger partial charge < -0.3 is 15.2 Å². The zero-order valence-electron chi connectivity index (χ0n) is 11.4. The number of ether oxygens (including phenoxy) is 1. The summed E-state index contributed by atoms with van der Waals surface area (Å²) in [6.07, 6.45) is 3.18. The van der Waals surface area contributed by atoms with E-state index in [-0.39, 0.29) is 11.9 Å². The molecule has 1 aliphatic rings. The molecule has 0 aliphatic carbocycles. The van der Waals surface area contributed by atoms with Crippen LogP contribution in [0.15, 0.2) is 29.4 Å². The SMILES string of the molecule is O=C(NCC1CCCO1)C(=O)NN=Cc1cccc(O)c1. The van der Waals surface area contributed by atoms with E-state index in [4.69, 9.17) is 4.74 Å². The van der Waals surface area contributed by atoms with Crippen LogP contribution in [0.4, 0.5) is 0 Å². The quantitative estimate of drug-likeness (QED) is 0.417. The highest BCUT2D eigenvalue weighted by Gasteiger charge is 2.18. The van der Waals surface area contributed by atoms with Crippen molar-refractivity contribution in [2.45, 2.75) is 18.9 Å².